The highest BCUT2D eigenvalue weighted by molar-refractivity contribution is 5.13. The van der Waals surface area contributed by atoms with Crippen LogP contribution in [0.4, 0.5) is 0 Å². The van der Waals surface area contributed by atoms with E-state index in [9.17, 15) is 0 Å². The number of nitrogens with zero attached hydrogens (tertiary/aromatic N) is 3. The maximum absolute atomic E-state index is 6.07. The molecule has 0 radical (unpaired) electrons. The number of ether oxygens (including phenoxy) is 1. The lowest BCUT2D eigenvalue weighted by Gasteiger charge is -2.31. The molecule has 0 N–H and O–H groups in total. The van der Waals surface area contributed by atoms with Crippen molar-refractivity contribution in [2.75, 3.05) is 13.1 Å². The largest absolute Gasteiger partial charge is 0.373 e. The van der Waals surface area contributed by atoms with Gasteiger partial charge >= 0.3 is 0 Å². The van der Waals surface area contributed by atoms with Gasteiger partial charge in [-0.25, -0.2) is 9.97 Å². The van der Waals surface area contributed by atoms with Crippen LogP contribution in [0, 0.1) is 0 Å². The van der Waals surface area contributed by atoms with Crippen molar-refractivity contribution in [3.63, 3.8) is 0 Å². The number of piperidine rings is 1. The molecular formula is C20H27N3O. The highest BCUT2D eigenvalue weighted by Crippen LogP contribution is 2.18. The highest BCUT2D eigenvalue weighted by Gasteiger charge is 2.20. The Morgan fingerprint density at radius 1 is 1.12 bits per heavy atom. The van der Waals surface area contributed by atoms with Gasteiger partial charge in [-0.05, 0) is 24.5 Å². The van der Waals surface area contributed by atoms with E-state index in [2.05, 4.69) is 53.0 Å². The Bertz CT molecular complexity index is 622. The second-order valence-corrected chi connectivity index (χ2v) is 6.83. The summed E-state index contributed by atoms with van der Waals surface area (Å²) in [6.45, 7) is 8.03. The third kappa shape index (κ3) is 4.86. The minimum absolute atomic E-state index is 0.373. The molecule has 1 aromatic heterocycles. The van der Waals surface area contributed by atoms with E-state index in [-0.39, 0.29) is 0 Å². The normalized spacial score (nSPS) is 16.6. The Morgan fingerprint density at radius 3 is 2.58 bits per heavy atom. The molecule has 0 saturated carbocycles. The molecule has 1 saturated heterocycles. The molecule has 2 heterocycles. The number of hydrogen-bond acceptors (Lipinski definition) is 4. The Balaban J connectivity index is 1.44. The van der Waals surface area contributed by atoms with Crippen molar-refractivity contribution in [2.45, 2.75) is 51.9 Å². The predicted octanol–water partition coefficient (Wildman–Crippen LogP) is 3.78. The third-order valence-corrected chi connectivity index (χ3v) is 4.50. The third-order valence-electron chi connectivity index (χ3n) is 4.50. The molecule has 128 valence electrons. The van der Waals surface area contributed by atoms with Gasteiger partial charge in [0.1, 0.15) is 5.82 Å². The molecule has 3 rings (SSSR count). The summed E-state index contributed by atoms with van der Waals surface area (Å²) in [4.78, 5) is 11.5. The minimum atomic E-state index is 0.373. The van der Waals surface area contributed by atoms with Gasteiger partial charge in [0.25, 0.3) is 0 Å². The summed E-state index contributed by atoms with van der Waals surface area (Å²) in [7, 11) is 0. The molecular weight excluding hydrogens is 298 g/mol. The van der Waals surface area contributed by atoms with E-state index in [1.165, 1.54) is 5.56 Å². The highest BCUT2D eigenvalue weighted by atomic mass is 16.5. The monoisotopic (exact) mass is 325 g/mol. The van der Waals surface area contributed by atoms with Crippen LogP contribution in [-0.2, 0) is 17.9 Å². The molecule has 0 aliphatic carbocycles. The molecule has 1 aliphatic heterocycles. The van der Waals surface area contributed by atoms with Crippen LogP contribution in [0.5, 0.6) is 0 Å². The van der Waals surface area contributed by atoms with Gasteiger partial charge in [0.15, 0.2) is 0 Å². The quantitative estimate of drug-likeness (QED) is 0.810. The van der Waals surface area contributed by atoms with E-state index >= 15 is 0 Å². The summed E-state index contributed by atoms with van der Waals surface area (Å²) in [6, 6.07) is 12.4. The first kappa shape index (κ1) is 17.1. The average Bonchev–Trinajstić information content (AvgIpc) is 2.62. The lowest BCUT2D eigenvalue weighted by atomic mass is 10.1. The lowest BCUT2D eigenvalue weighted by Crippen LogP contribution is -2.36. The average molecular weight is 325 g/mol. The summed E-state index contributed by atoms with van der Waals surface area (Å²) < 4.78 is 6.07. The van der Waals surface area contributed by atoms with Crippen molar-refractivity contribution in [2.24, 2.45) is 0 Å². The van der Waals surface area contributed by atoms with Crippen LogP contribution in [-0.4, -0.2) is 34.1 Å². The molecule has 0 bridgehead atoms. The molecule has 0 amide bonds. The Morgan fingerprint density at radius 2 is 1.88 bits per heavy atom. The van der Waals surface area contributed by atoms with E-state index in [1.807, 2.05) is 18.3 Å². The second kappa shape index (κ2) is 8.36. The molecule has 0 atom stereocenters. The van der Waals surface area contributed by atoms with E-state index < -0.39 is 0 Å². The molecule has 1 aromatic carbocycles. The zero-order valence-corrected chi connectivity index (χ0v) is 14.7. The molecule has 2 aromatic rings. The van der Waals surface area contributed by atoms with E-state index in [0.29, 0.717) is 12.0 Å². The molecule has 24 heavy (non-hydrogen) atoms. The van der Waals surface area contributed by atoms with Crippen molar-refractivity contribution in [1.29, 1.82) is 0 Å². The van der Waals surface area contributed by atoms with Gasteiger partial charge in [-0.15, -0.1) is 0 Å². The maximum atomic E-state index is 6.07. The zero-order valence-electron chi connectivity index (χ0n) is 14.7. The summed E-state index contributed by atoms with van der Waals surface area (Å²) in [6.07, 6.45) is 4.44. The van der Waals surface area contributed by atoms with E-state index in [1.54, 1.807) is 0 Å². The van der Waals surface area contributed by atoms with E-state index in [0.717, 1.165) is 50.6 Å². The van der Waals surface area contributed by atoms with Gasteiger partial charge < -0.3 is 4.74 Å². The fourth-order valence-corrected chi connectivity index (χ4v) is 3.03. The SMILES string of the molecule is CC(C)c1nccc(CN2CCC(OCc3ccccc3)CC2)n1. The van der Waals surface area contributed by atoms with Gasteiger partial charge in [0.2, 0.25) is 0 Å². The molecule has 1 fully saturated rings. The van der Waals surface area contributed by atoms with Gasteiger partial charge in [0, 0.05) is 31.7 Å². The van der Waals surface area contributed by atoms with Crippen molar-refractivity contribution < 1.29 is 4.74 Å². The first-order valence-corrected chi connectivity index (χ1v) is 8.90. The van der Waals surface area contributed by atoms with Gasteiger partial charge in [-0.1, -0.05) is 44.2 Å². The van der Waals surface area contributed by atoms with Crippen LogP contribution in [0.3, 0.4) is 0 Å². The fraction of sp³-hybridized carbons (Fsp3) is 0.500. The van der Waals surface area contributed by atoms with Crippen molar-refractivity contribution in [1.82, 2.24) is 14.9 Å². The first-order chi connectivity index (χ1) is 11.7. The van der Waals surface area contributed by atoms with Crippen molar-refractivity contribution >= 4 is 0 Å². The number of hydrogen-bond donors (Lipinski definition) is 0. The Labute approximate surface area is 144 Å². The lowest BCUT2D eigenvalue weighted by molar-refractivity contribution is -0.00416. The molecule has 1 aliphatic rings. The second-order valence-electron chi connectivity index (χ2n) is 6.83. The predicted molar refractivity (Wildman–Crippen MR) is 95.7 cm³/mol. The fourth-order valence-electron chi connectivity index (χ4n) is 3.03. The van der Waals surface area contributed by atoms with Crippen LogP contribution >= 0.6 is 0 Å². The van der Waals surface area contributed by atoms with Crippen LogP contribution in [0.25, 0.3) is 0 Å². The van der Waals surface area contributed by atoms with Crippen LogP contribution in [0.2, 0.25) is 0 Å². The van der Waals surface area contributed by atoms with Gasteiger partial charge in [-0.2, -0.15) is 0 Å². The molecule has 4 heteroatoms. The van der Waals surface area contributed by atoms with Crippen LogP contribution < -0.4 is 0 Å². The molecule has 0 spiro atoms. The first-order valence-electron chi connectivity index (χ1n) is 8.90. The smallest absolute Gasteiger partial charge is 0.131 e. The standard InChI is InChI=1S/C20H27N3O/c1-16(2)20-21-11-8-18(22-20)14-23-12-9-19(10-13-23)24-15-17-6-4-3-5-7-17/h3-8,11,16,19H,9-10,12-15H2,1-2H3. The van der Waals surface area contributed by atoms with Crippen LogP contribution in [0.1, 0.15) is 49.7 Å². The number of aromatic nitrogens is 2. The topological polar surface area (TPSA) is 38.2 Å². The van der Waals surface area contributed by atoms with E-state index in [4.69, 9.17) is 4.74 Å². The van der Waals surface area contributed by atoms with Crippen LogP contribution in [0.15, 0.2) is 42.6 Å². The van der Waals surface area contributed by atoms with Gasteiger partial charge in [-0.3, -0.25) is 4.90 Å². The maximum Gasteiger partial charge on any atom is 0.131 e. The van der Waals surface area contributed by atoms with Crippen molar-refractivity contribution in [3.05, 3.63) is 59.7 Å². The summed E-state index contributed by atoms with van der Waals surface area (Å²) in [5.41, 5.74) is 2.37. The van der Waals surface area contributed by atoms with Crippen molar-refractivity contribution in [3.8, 4) is 0 Å². The zero-order chi connectivity index (χ0) is 16.8. The summed E-state index contributed by atoms with van der Waals surface area (Å²) >= 11 is 0. The minimum Gasteiger partial charge on any atom is -0.373 e. The van der Waals surface area contributed by atoms with Gasteiger partial charge in [0.05, 0.1) is 18.4 Å². The Hall–Kier alpha value is -1.78. The number of benzene rings is 1. The molecule has 0 unspecified atom stereocenters. The Kier molecular flexibility index (Phi) is 5.94. The number of rotatable bonds is 6. The summed E-state index contributed by atoms with van der Waals surface area (Å²) in [5, 5.41) is 0. The molecule has 4 nitrogen and oxygen atoms in total. The number of likely N-dealkylation sites (tertiary alicyclic amines) is 1. The summed E-state index contributed by atoms with van der Waals surface area (Å²) in [5.74, 6) is 1.32.